The van der Waals surface area contributed by atoms with E-state index in [2.05, 4.69) is 9.97 Å². The van der Waals surface area contributed by atoms with Crippen molar-refractivity contribution in [2.75, 3.05) is 13.2 Å². The monoisotopic (exact) mass is 243 g/mol. The molecule has 1 N–H and O–H groups in total. The lowest BCUT2D eigenvalue weighted by Gasteiger charge is -2.25. The number of aromatic nitrogens is 2. The van der Waals surface area contributed by atoms with Crippen LogP contribution in [0.1, 0.15) is 24.3 Å². The van der Waals surface area contributed by atoms with E-state index in [0.717, 1.165) is 0 Å². The number of amides is 1. The smallest absolute Gasteiger partial charge is 0.274 e. The zero-order valence-corrected chi connectivity index (χ0v) is 9.98. The van der Waals surface area contributed by atoms with Crippen LogP contribution < -0.4 is 0 Å². The summed E-state index contributed by atoms with van der Waals surface area (Å²) in [6.07, 6.45) is 2.66. The molecule has 6 heteroatoms. The van der Waals surface area contributed by atoms with Crippen molar-refractivity contribution >= 4 is 17.5 Å². The fourth-order valence-electron chi connectivity index (χ4n) is 1.27. The Kier molecular flexibility index (Phi) is 4.64. The minimum atomic E-state index is -0.256. The van der Waals surface area contributed by atoms with Gasteiger partial charge in [-0.15, -0.1) is 0 Å². The maximum Gasteiger partial charge on any atom is 0.274 e. The number of aliphatic hydroxyl groups excluding tert-OH is 1. The van der Waals surface area contributed by atoms with Crippen molar-refractivity contribution in [3.8, 4) is 0 Å². The molecule has 16 heavy (non-hydrogen) atoms. The number of hydrogen-bond acceptors (Lipinski definition) is 4. The molecule has 1 amide bonds. The molecule has 1 aromatic heterocycles. The molecule has 0 aromatic carbocycles. The second-order valence-electron chi connectivity index (χ2n) is 3.54. The van der Waals surface area contributed by atoms with E-state index in [1.54, 1.807) is 0 Å². The highest BCUT2D eigenvalue weighted by Crippen LogP contribution is 2.07. The molecule has 0 atom stereocenters. The SMILES string of the molecule is CC(C)N(CCO)C(=O)c1cnc(Cl)cn1. The summed E-state index contributed by atoms with van der Waals surface area (Å²) in [4.78, 5) is 21.2. The molecule has 1 aromatic rings. The molecule has 0 radical (unpaired) electrons. The van der Waals surface area contributed by atoms with E-state index in [1.165, 1.54) is 17.3 Å². The topological polar surface area (TPSA) is 66.3 Å². The minimum Gasteiger partial charge on any atom is -0.395 e. The molecule has 0 unspecified atom stereocenters. The molecular formula is C10H14ClN3O2. The van der Waals surface area contributed by atoms with E-state index in [4.69, 9.17) is 16.7 Å². The lowest BCUT2D eigenvalue weighted by atomic mass is 10.2. The van der Waals surface area contributed by atoms with E-state index in [0.29, 0.717) is 0 Å². The first kappa shape index (κ1) is 12.9. The molecule has 0 aliphatic carbocycles. The van der Waals surface area contributed by atoms with E-state index in [1.807, 2.05) is 13.8 Å². The van der Waals surface area contributed by atoms with Crippen molar-refractivity contribution in [2.45, 2.75) is 19.9 Å². The van der Waals surface area contributed by atoms with Gasteiger partial charge in [0.05, 0.1) is 19.0 Å². The first-order valence-electron chi connectivity index (χ1n) is 4.95. The van der Waals surface area contributed by atoms with Crippen LogP contribution in [-0.4, -0.2) is 45.1 Å². The van der Waals surface area contributed by atoms with Gasteiger partial charge in [-0.05, 0) is 13.8 Å². The molecule has 0 aliphatic heterocycles. The highest BCUT2D eigenvalue weighted by atomic mass is 35.5. The van der Waals surface area contributed by atoms with Gasteiger partial charge >= 0.3 is 0 Å². The number of carbonyl (C=O) groups excluding carboxylic acids is 1. The summed E-state index contributed by atoms with van der Waals surface area (Å²) in [5.41, 5.74) is 0.228. The number of carbonyl (C=O) groups is 1. The molecule has 0 bridgehead atoms. The number of aliphatic hydroxyl groups is 1. The Hall–Kier alpha value is -1.20. The van der Waals surface area contributed by atoms with Crippen molar-refractivity contribution in [3.05, 3.63) is 23.2 Å². The largest absolute Gasteiger partial charge is 0.395 e. The zero-order valence-electron chi connectivity index (χ0n) is 9.22. The molecule has 0 saturated carbocycles. The lowest BCUT2D eigenvalue weighted by molar-refractivity contribution is 0.0659. The van der Waals surface area contributed by atoms with Crippen molar-refractivity contribution < 1.29 is 9.90 Å². The second-order valence-corrected chi connectivity index (χ2v) is 3.93. The van der Waals surface area contributed by atoms with Crippen LogP contribution in [0.25, 0.3) is 0 Å². The normalized spacial score (nSPS) is 10.6. The summed E-state index contributed by atoms with van der Waals surface area (Å²) in [5.74, 6) is -0.256. The maximum atomic E-state index is 12.0. The number of nitrogens with zero attached hydrogens (tertiary/aromatic N) is 3. The molecule has 1 heterocycles. The minimum absolute atomic E-state index is 0.00266. The van der Waals surface area contributed by atoms with Crippen molar-refractivity contribution in [3.63, 3.8) is 0 Å². The van der Waals surface area contributed by atoms with Crippen molar-refractivity contribution in [2.24, 2.45) is 0 Å². The zero-order chi connectivity index (χ0) is 12.1. The van der Waals surface area contributed by atoms with Crippen molar-refractivity contribution in [1.82, 2.24) is 14.9 Å². The summed E-state index contributed by atoms with van der Waals surface area (Å²) in [7, 11) is 0. The first-order valence-corrected chi connectivity index (χ1v) is 5.33. The molecule has 0 aliphatic rings. The van der Waals surface area contributed by atoms with Crippen LogP contribution in [0.3, 0.4) is 0 Å². The van der Waals surface area contributed by atoms with Gasteiger partial charge in [0.15, 0.2) is 0 Å². The van der Waals surface area contributed by atoms with E-state index >= 15 is 0 Å². The Bertz CT molecular complexity index is 354. The average molecular weight is 244 g/mol. The van der Waals surface area contributed by atoms with Crippen LogP contribution in [0.2, 0.25) is 5.15 Å². The number of hydrogen-bond donors (Lipinski definition) is 1. The predicted octanol–water partition coefficient (Wildman–Crippen LogP) is 0.973. The van der Waals surface area contributed by atoms with Crippen LogP contribution in [0.5, 0.6) is 0 Å². The molecule has 5 nitrogen and oxygen atoms in total. The van der Waals surface area contributed by atoms with Gasteiger partial charge in [0.2, 0.25) is 0 Å². The van der Waals surface area contributed by atoms with Gasteiger partial charge in [0.1, 0.15) is 10.8 Å². The Morgan fingerprint density at radius 3 is 2.62 bits per heavy atom. The highest BCUT2D eigenvalue weighted by Gasteiger charge is 2.19. The fraction of sp³-hybridized carbons (Fsp3) is 0.500. The number of halogens is 1. The van der Waals surface area contributed by atoms with Gasteiger partial charge in [0.25, 0.3) is 5.91 Å². The predicted molar refractivity (Wildman–Crippen MR) is 60.3 cm³/mol. The average Bonchev–Trinajstić information content (AvgIpc) is 2.25. The third kappa shape index (κ3) is 3.15. The molecule has 0 spiro atoms. The molecule has 0 fully saturated rings. The van der Waals surface area contributed by atoms with E-state index in [9.17, 15) is 4.79 Å². The summed E-state index contributed by atoms with van der Waals surface area (Å²) < 4.78 is 0. The Labute approximate surface area is 99.1 Å². The van der Waals surface area contributed by atoms with Crippen LogP contribution >= 0.6 is 11.6 Å². The maximum absolute atomic E-state index is 12.0. The molecule has 88 valence electrons. The third-order valence-electron chi connectivity index (χ3n) is 2.06. The second kappa shape index (κ2) is 5.77. The summed E-state index contributed by atoms with van der Waals surface area (Å²) in [6, 6.07) is -0.00266. The van der Waals surface area contributed by atoms with Gasteiger partial charge in [-0.1, -0.05) is 11.6 Å². The summed E-state index contributed by atoms with van der Waals surface area (Å²) >= 11 is 5.58. The van der Waals surface area contributed by atoms with E-state index in [-0.39, 0.29) is 35.9 Å². The summed E-state index contributed by atoms with van der Waals surface area (Å²) in [5, 5.41) is 9.12. The van der Waals surface area contributed by atoms with Crippen molar-refractivity contribution in [1.29, 1.82) is 0 Å². The standard InChI is InChI=1S/C10H14ClN3O2/c1-7(2)14(3-4-15)10(16)8-5-13-9(11)6-12-8/h5-7,15H,3-4H2,1-2H3. The van der Waals surface area contributed by atoms with Gasteiger partial charge in [0, 0.05) is 12.6 Å². The molecular weight excluding hydrogens is 230 g/mol. The Balaban J connectivity index is 2.86. The van der Waals surface area contributed by atoms with Crippen LogP contribution in [0.15, 0.2) is 12.4 Å². The van der Waals surface area contributed by atoms with Crippen LogP contribution in [0, 0.1) is 0 Å². The lowest BCUT2D eigenvalue weighted by Crippen LogP contribution is -2.39. The van der Waals surface area contributed by atoms with Gasteiger partial charge in [-0.25, -0.2) is 9.97 Å². The molecule has 0 saturated heterocycles. The van der Waals surface area contributed by atoms with Gasteiger partial charge < -0.3 is 10.0 Å². The quantitative estimate of drug-likeness (QED) is 0.856. The third-order valence-corrected chi connectivity index (χ3v) is 2.26. The molecule has 1 rings (SSSR count). The fourth-order valence-corrected chi connectivity index (χ4v) is 1.37. The van der Waals surface area contributed by atoms with Crippen LogP contribution in [0.4, 0.5) is 0 Å². The summed E-state index contributed by atoms with van der Waals surface area (Å²) in [6.45, 7) is 3.94. The van der Waals surface area contributed by atoms with Gasteiger partial charge in [-0.3, -0.25) is 4.79 Å². The first-order chi connectivity index (χ1) is 7.56. The highest BCUT2D eigenvalue weighted by molar-refractivity contribution is 6.29. The Morgan fingerprint density at radius 1 is 1.50 bits per heavy atom. The Morgan fingerprint density at radius 2 is 2.19 bits per heavy atom. The van der Waals surface area contributed by atoms with Crippen LogP contribution in [-0.2, 0) is 0 Å². The van der Waals surface area contributed by atoms with E-state index < -0.39 is 0 Å². The number of rotatable bonds is 4. The van der Waals surface area contributed by atoms with Gasteiger partial charge in [-0.2, -0.15) is 0 Å².